The van der Waals surface area contributed by atoms with Gasteiger partial charge in [-0.2, -0.15) is 10.5 Å². The third-order valence-corrected chi connectivity index (χ3v) is 4.90. The van der Waals surface area contributed by atoms with E-state index in [2.05, 4.69) is 5.32 Å². The number of nitriles is 2. The normalized spacial score (nSPS) is 10.1. The van der Waals surface area contributed by atoms with Gasteiger partial charge in [0.2, 0.25) is 0 Å². The van der Waals surface area contributed by atoms with Crippen LogP contribution in [0.5, 0.6) is 5.75 Å². The molecule has 0 saturated heterocycles. The zero-order chi connectivity index (χ0) is 19.8. The fourth-order valence-corrected chi connectivity index (χ4v) is 3.54. The lowest BCUT2D eigenvalue weighted by molar-refractivity contribution is 0.340. The molecule has 27 heavy (non-hydrogen) atoms. The number of halogens is 2. The van der Waals surface area contributed by atoms with Crippen LogP contribution in [0.2, 0.25) is 0 Å². The minimum absolute atomic E-state index is 0.00499. The first-order chi connectivity index (χ1) is 13.1. The zero-order valence-electron chi connectivity index (χ0n) is 15.1. The van der Waals surface area contributed by atoms with Gasteiger partial charge >= 0.3 is 0 Å². The van der Waals surface area contributed by atoms with Gasteiger partial charge in [0.15, 0.2) is 11.6 Å². The van der Waals surface area contributed by atoms with Gasteiger partial charge in [0.05, 0.1) is 17.2 Å². The van der Waals surface area contributed by atoms with Crippen molar-refractivity contribution >= 4 is 23.1 Å². The van der Waals surface area contributed by atoms with Crippen LogP contribution in [-0.4, -0.2) is 12.4 Å². The maximum absolute atomic E-state index is 14.9. The van der Waals surface area contributed by atoms with Crippen LogP contribution in [0, 0.1) is 34.3 Å². The highest BCUT2D eigenvalue weighted by atomic mass is 32.2. The van der Waals surface area contributed by atoms with Crippen LogP contribution in [0.1, 0.15) is 37.8 Å². The number of benzene rings is 2. The van der Waals surface area contributed by atoms with Crippen molar-refractivity contribution in [1.29, 1.82) is 10.5 Å². The first-order valence-electron chi connectivity index (χ1n) is 8.55. The molecule has 2 aromatic rings. The summed E-state index contributed by atoms with van der Waals surface area (Å²) in [5.41, 5.74) is -0.773. The summed E-state index contributed by atoms with van der Waals surface area (Å²) < 4.78 is 35.1. The maximum atomic E-state index is 14.9. The number of hydrogen-bond acceptors (Lipinski definition) is 5. The molecule has 0 aliphatic rings. The summed E-state index contributed by atoms with van der Waals surface area (Å²) in [7, 11) is 0. The standard InChI is InChI=1S/C20H19F2N3OS/c1-3-5-10-27-20-18(22)16(12-24)15(11-23)17(21)19(20)25-13-6-8-14(9-7-13)26-4-2/h6-9,25H,3-5,10H2,1-2H3. The van der Waals surface area contributed by atoms with Gasteiger partial charge in [-0.1, -0.05) is 13.3 Å². The molecule has 0 fully saturated rings. The summed E-state index contributed by atoms with van der Waals surface area (Å²) in [4.78, 5) is 0.00499. The van der Waals surface area contributed by atoms with Gasteiger partial charge in [-0.3, -0.25) is 0 Å². The molecular formula is C20H19F2N3OS. The Kier molecular flexibility index (Phi) is 7.45. The Hall–Kier alpha value is -2.77. The van der Waals surface area contributed by atoms with Gasteiger partial charge in [0, 0.05) is 5.69 Å². The number of nitrogens with one attached hydrogen (secondary N) is 1. The lowest BCUT2D eigenvalue weighted by atomic mass is 10.1. The highest BCUT2D eigenvalue weighted by Gasteiger charge is 2.25. The molecule has 2 rings (SSSR count). The minimum atomic E-state index is -0.927. The molecule has 140 valence electrons. The van der Waals surface area contributed by atoms with E-state index < -0.39 is 22.8 Å². The average Bonchev–Trinajstić information content (AvgIpc) is 2.68. The highest BCUT2D eigenvalue weighted by molar-refractivity contribution is 7.99. The van der Waals surface area contributed by atoms with Crippen LogP contribution >= 0.6 is 11.8 Å². The molecule has 2 aromatic carbocycles. The number of ether oxygens (including phenoxy) is 1. The van der Waals surface area contributed by atoms with Crippen molar-refractivity contribution in [2.24, 2.45) is 0 Å². The number of thioether (sulfide) groups is 1. The van der Waals surface area contributed by atoms with Gasteiger partial charge in [0.25, 0.3) is 0 Å². The molecule has 0 aromatic heterocycles. The molecule has 4 nitrogen and oxygen atoms in total. The molecule has 1 N–H and O–H groups in total. The van der Waals surface area contributed by atoms with Crippen molar-refractivity contribution in [3.63, 3.8) is 0 Å². The lowest BCUT2D eigenvalue weighted by Crippen LogP contribution is -2.05. The van der Waals surface area contributed by atoms with Crippen molar-refractivity contribution < 1.29 is 13.5 Å². The highest BCUT2D eigenvalue weighted by Crippen LogP contribution is 2.39. The Morgan fingerprint density at radius 2 is 1.67 bits per heavy atom. The van der Waals surface area contributed by atoms with Crippen LogP contribution in [0.4, 0.5) is 20.2 Å². The monoisotopic (exact) mass is 387 g/mol. The average molecular weight is 387 g/mol. The van der Waals surface area contributed by atoms with E-state index in [0.29, 0.717) is 23.8 Å². The first kappa shape index (κ1) is 20.5. The predicted octanol–water partition coefficient (Wildman–Crippen LogP) is 5.74. The van der Waals surface area contributed by atoms with Crippen LogP contribution in [0.3, 0.4) is 0 Å². The molecule has 0 radical (unpaired) electrons. The van der Waals surface area contributed by atoms with Crippen LogP contribution in [0.25, 0.3) is 0 Å². The number of nitrogens with zero attached hydrogens (tertiary/aromatic N) is 2. The molecule has 7 heteroatoms. The van der Waals surface area contributed by atoms with E-state index in [-0.39, 0.29) is 10.6 Å². The summed E-state index contributed by atoms with van der Waals surface area (Å²) in [5, 5.41) is 21.2. The van der Waals surface area contributed by atoms with Gasteiger partial charge < -0.3 is 10.1 Å². The Morgan fingerprint density at radius 3 is 2.22 bits per heavy atom. The second-order valence-corrected chi connectivity index (χ2v) is 6.70. The van der Waals surface area contributed by atoms with Crippen molar-refractivity contribution in [3.8, 4) is 17.9 Å². The lowest BCUT2D eigenvalue weighted by Gasteiger charge is -2.16. The van der Waals surface area contributed by atoms with Crippen LogP contribution in [0.15, 0.2) is 29.2 Å². The summed E-state index contributed by atoms with van der Waals surface area (Å²) in [6, 6.07) is 9.96. The van der Waals surface area contributed by atoms with Crippen LogP contribution in [-0.2, 0) is 0 Å². The largest absolute Gasteiger partial charge is 0.494 e. The molecular weight excluding hydrogens is 368 g/mol. The molecule has 0 saturated carbocycles. The SMILES string of the molecule is CCCCSc1c(F)c(C#N)c(C#N)c(F)c1Nc1ccc(OCC)cc1. The maximum Gasteiger partial charge on any atom is 0.167 e. The Morgan fingerprint density at radius 1 is 1.04 bits per heavy atom. The molecule has 0 spiro atoms. The topological polar surface area (TPSA) is 68.8 Å². The Bertz CT molecular complexity index is 886. The smallest absolute Gasteiger partial charge is 0.167 e. The van der Waals surface area contributed by atoms with E-state index in [0.717, 1.165) is 24.6 Å². The number of anilines is 2. The molecule has 0 aliphatic heterocycles. The fourth-order valence-electron chi connectivity index (χ4n) is 2.39. The van der Waals surface area contributed by atoms with E-state index in [1.807, 2.05) is 13.8 Å². The van der Waals surface area contributed by atoms with E-state index >= 15 is 0 Å². The van der Waals surface area contributed by atoms with Crippen molar-refractivity contribution in [2.45, 2.75) is 31.6 Å². The van der Waals surface area contributed by atoms with E-state index in [1.54, 1.807) is 36.4 Å². The van der Waals surface area contributed by atoms with Crippen molar-refractivity contribution in [1.82, 2.24) is 0 Å². The van der Waals surface area contributed by atoms with Crippen molar-refractivity contribution in [3.05, 3.63) is 47.0 Å². The van der Waals surface area contributed by atoms with Gasteiger partial charge in [-0.05, 0) is 43.4 Å². The van der Waals surface area contributed by atoms with Gasteiger partial charge in [-0.15, -0.1) is 11.8 Å². The Balaban J connectivity index is 2.50. The molecule has 0 unspecified atom stereocenters. The molecule has 0 heterocycles. The van der Waals surface area contributed by atoms with Crippen LogP contribution < -0.4 is 10.1 Å². The molecule has 0 amide bonds. The third kappa shape index (κ3) is 4.69. The van der Waals surface area contributed by atoms with Gasteiger partial charge in [-0.25, -0.2) is 8.78 Å². The van der Waals surface area contributed by atoms with Gasteiger partial charge in [0.1, 0.15) is 29.0 Å². The molecule has 0 bridgehead atoms. The first-order valence-corrected chi connectivity index (χ1v) is 9.53. The quantitative estimate of drug-likeness (QED) is 0.462. The van der Waals surface area contributed by atoms with E-state index in [4.69, 9.17) is 10.00 Å². The predicted molar refractivity (Wildman–Crippen MR) is 102 cm³/mol. The van der Waals surface area contributed by atoms with E-state index in [9.17, 15) is 14.0 Å². The second kappa shape index (κ2) is 9.80. The second-order valence-electron chi connectivity index (χ2n) is 5.59. The summed E-state index contributed by atoms with van der Waals surface area (Å²) >= 11 is 1.13. The zero-order valence-corrected chi connectivity index (χ0v) is 15.9. The number of rotatable bonds is 8. The molecule has 0 atom stereocenters. The fraction of sp³-hybridized carbons (Fsp3) is 0.300. The minimum Gasteiger partial charge on any atom is -0.494 e. The summed E-state index contributed by atoms with van der Waals surface area (Å²) in [5.74, 6) is -0.570. The summed E-state index contributed by atoms with van der Waals surface area (Å²) in [6.45, 7) is 4.38. The van der Waals surface area contributed by atoms with E-state index in [1.165, 1.54) is 0 Å². The third-order valence-electron chi connectivity index (χ3n) is 3.74. The Labute approximate surface area is 161 Å². The molecule has 0 aliphatic carbocycles. The van der Waals surface area contributed by atoms with Crippen molar-refractivity contribution in [2.75, 3.05) is 17.7 Å². The number of hydrogen-bond donors (Lipinski definition) is 1. The summed E-state index contributed by atoms with van der Waals surface area (Å²) in [6.07, 6.45) is 1.72. The number of unbranched alkanes of at least 4 members (excludes halogenated alkanes) is 1.